The Kier molecular flexibility index (Phi) is 25.1. The van der Waals surface area contributed by atoms with Crippen molar-refractivity contribution < 1.29 is 53.8 Å². The summed E-state index contributed by atoms with van der Waals surface area (Å²) in [6, 6.07) is -1.01. The monoisotopic (exact) mass is 801 g/mol. The average Bonchev–Trinajstić information content (AvgIpc) is 3.70. The molecular weight excluding hydrogens is 735 g/mol. The van der Waals surface area contributed by atoms with Crippen molar-refractivity contribution in [3.8, 4) is 0 Å². The van der Waals surface area contributed by atoms with E-state index in [0.29, 0.717) is 12.8 Å². The molecule has 2 heterocycles. The Labute approximate surface area is 330 Å². The molecule has 1 fully saturated rings. The zero-order valence-corrected chi connectivity index (χ0v) is 33.9. The number of hydrogen-bond acceptors (Lipinski definition) is 14. The van der Waals surface area contributed by atoms with Gasteiger partial charge in [-0.05, 0) is 19.3 Å². The lowest BCUT2D eigenvalue weighted by Gasteiger charge is -2.21. The number of aliphatic hydroxyl groups is 4. The van der Waals surface area contributed by atoms with E-state index in [1.807, 2.05) is 0 Å². The van der Waals surface area contributed by atoms with Gasteiger partial charge in [0.1, 0.15) is 43.2 Å². The predicted octanol–water partition coefficient (Wildman–Crippen LogP) is 3.77. The van der Waals surface area contributed by atoms with E-state index in [1.165, 1.54) is 22.6 Å². The Morgan fingerprint density at radius 2 is 1.40 bits per heavy atom. The van der Waals surface area contributed by atoms with Crippen LogP contribution in [0, 0.1) is 0 Å². The Bertz CT molecular complexity index is 1240. The normalized spacial score (nSPS) is 19.8. The summed E-state index contributed by atoms with van der Waals surface area (Å²) in [4.78, 5) is 51.7. The van der Waals surface area contributed by atoms with Crippen LogP contribution in [-0.2, 0) is 39.9 Å². The third-order valence-electron chi connectivity index (χ3n) is 9.26. The largest absolute Gasteiger partial charge is 0.462 e. The molecule has 2 rings (SSSR count). The Morgan fingerprint density at radius 3 is 1.98 bits per heavy atom. The zero-order valence-electron chi connectivity index (χ0n) is 33.1. The second kappa shape index (κ2) is 28.5. The molecule has 7 atom stereocenters. The number of esters is 2. The second-order valence-corrected chi connectivity index (χ2v) is 15.4. The van der Waals surface area contributed by atoms with Crippen molar-refractivity contribution in [2.45, 2.75) is 186 Å². The third-order valence-corrected chi connectivity index (χ3v) is 10.4. The highest BCUT2D eigenvalue weighted by Gasteiger charge is 2.45. The van der Waals surface area contributed by atoms with Gasteiger partial charge in [0, 0.05) is 30.8 Å². The number of aromatic nitrogens is 3. The number of unbranched alkanes of at least 4 members (excludes halogenated alkanes) is 12. The van der Waals surface area contributed by atoms with E-state index in [1.54, 1.807) is 0 Å². The van der Waals surface area contributed by atoms with Crippen LogP contribution in [0.15, 0.2) is 6.20 Å². The molecule has 0 radical (unpaired) electrons. The lowest BCUT2D eigenvalue weighted by atomic mass is 10.1. The molecule has 316 valence electrons. The van der Waals surface area contributed by atoms with Crippen LogP contribution >= 0.6 is 11.8 Å². The van der Waals surface area contributed by atoms with E-state index in [-0.39, 0.29) is 67.6 Å². The molecule has 16 nitrogen and oxygen atoms in total. The minimum Gasteiger partial charge on any atom is -0.462 e. The minimum absolute atomic E-state index is 0.0290. The average molecular weight is 802 g/mol. The van der Waals surface area contributed by atoms with Crippen molar-refractivity contribution in [1.82, 2.24) is 20.3 Å². The van der Waals surface area contributed by atoms with E-state index in [9.17, 15) is 39.6 Å². The quantitative estimate of drug-likeness (QED) is 0.0464. The van der Waals surface area contributed by atoms with Gasteiger partial charge in [0.2, 0.25) is 11.8 Å². The Morgan fingerprint density at radius 1 is 0.818 bits per heavy atom. The Hall–Kier alpha value is -2.83. The summed E-state index contributed by atoms with van der Waals surface area (Å²) in [6.45, 7) is 6.01. The first-order valence-electron chi connectivity index (χ1n) is 20.3. The van der Waals surface area contributed by atoms with Gasteiger partial charge in [-0.2, -0.15) is 11.8 Å². The lowest BCUT2D eigenvalue weighted by Crippen LogP contribution is -2.45. The molecule has 1 aromatic heterocycles. The molecule has 6 N–H and O–H groups in total. The smallest absolute Gasteiger partial charge is 0.306 e. The van der Waals surface area contributed by atoms with Crippen LogP contribution in [0.3, 0.4) is 0 Å². The molecule has 2 unspecified atom stereocenters. The molecule has 0 spiro atoms. The molecule has 55 heavy (non-hydrogen) atoms. The van der Waals surface area contributed by atoms with E-state index < -0.39 is 48.8 Å². The summed E-state index contributed by atoms with van der Waals surface area (Å²) in [6.07, 6.45) is 8.55. The number of rotatable bonds is 31. The molecule has 1 aliphatic heterocycles. The van der Waals surface area contributed by atoms with Crippen molar-refractivity contribution in [3.63, 3.8) is 0 Å². The van der Waals surface area contributed by atoms with E-state index in [0.717, 1.165) is 83.5 Å². The summed E-state index contributed by atoms with van der Waals surface area (Å²) in [5.41, 5.74) is 0. The fourth-order valence-corrected chi connectivity index (χ4v) is 7.01. The fourth-order valence-electron chi connectivity index (χ4n) is 5.98. The first kappa shape index (κ1) is 48.3. The highest BCUT2D eigenvalue weighted by Crippen LogP contribution is 2.23. The van der Waals surface area contributed by atoms with Gasteiger partial charge >= 0.3 is 11.9 Å². The number of carbonyl (C=O) groups excluding carboxylic acids is 4. The topological polar surface area (TPSA) is 232 Å². The van der Waals surface area contributed by atoms with Crippen molar-refractivity contribution in [2.24, 2.45) is 0 Å². The van der Waals surface area contributed by atoms with E-state index in [2.05, 4.69) is 41.7 Å². The van der Waals surface area contributed by atoms with Crippen LogP contribution in [0.4, 0.5) is 5.82 Å². The van der Waals surface area contributed by atoms with Crippen LogP contribution in [0.2, 0.25) is 0 Å². The molecule has 1 saturated heterocycles. The Balaban J connectivity index is 2.04. The molecule has 2 amide bonds. The van der Waals surface area contributed by atoms with E-state index in [4.69, 9.17) is 14.2 Å². The van der Waals surface area contributed by atoms with Crippen molar-refractivity contribution in [2.75, 3.05) is 23.4 Å². The zero-order chi connectivity index (χ0) is 40.4. The summed E-state index contributed by atoms with van der Waals surface area (Å²) >= 11 is 1.27. The maximum atomic E-state index is 13.5. The third kappa shape index (κ3) is 20.2. The van der Waals surface area contributed by atoms with Gasteiger partial charge in [0.25, 0.3) is 0 Å². The number of amides is 2. The minimum atomic E-state index is -1.65. The SMILES string of the molecule is CCCCCCCC(=O)N[C@H](CSC[C@@H](COC(=O)CCCCCCC)OC(=O)CCCCCCC)C(=O)Nc1cn(C[C@H](O)C2OC(O)[C@@H](O)[C@@H]2O)nn1. The van der Waals surface area contributed by atoms with Crippen molar-refractivity contribution in [1.29, 1.82) is 0 Å². The van der Waals surface area contributed by atoms with Crippen LogP contribution in [0.25, 0.3) is 0 Å². The molecule has 1 aromatic rings. The highest BCUT2D eigenvalue weighted by molar-refractivity contribution is 7.99. The van der Waals surface area contributed by atoms with Gasteiger partial charge in [-0.3, -0.25) is 19.2 Å². The van der Waals surface area contributed by atoms with Crippen LogP contribution in [0.1, 0.15) is 136 Å². The predicted molar refractivity (Wildman–Crippen MR) is 208 cm³/mol. The van der Waals surface area contributed by atoms with Gasteiger partial charge in [0.05, 0.1) is 12.7 Å². The van der Waals surface area contributed by atoms with Gasteiger partial charge in [-0.1, -0.05) is 103 Å². The summed E-state index contributed by atoms with van der Waals surface area (Å²) in [7, 11) is 0. The summed E-state index contributed by atoms with van der Waals surface area (Å²) < 4.78 is 17.5. The molecule has 0 bridgehead atoms. The number of ether oxygens (including phenoxy) is 3. The van der Waals surface area contributed by atoms with Gasteiger partial charge in [-0.25, -0.2) is 4.68 Å². The standard InChI is InChI=1S/C38H67N5O11S/c1-4-7-10-13-16-19-31(45)39-28(37(50)40-30-23-43(42-41-30)22-29(44)36-34(48)35(49)38(51)54-36)26-55-25-27(53-33(47)21-18-15-12-9-6-3)24-52-32(46)20-17-14-11-8-5-2/h23,27-29,34-36,38,44,48-49,51H,4-22,24-26H2,1-3H3,(H,39,45)(H,40,50)/t27-,28-,29+,34+,35+,36?,38?/m1/s1. The first-order chi connectivity index (χ1) is 26.5. The number of nitrogens with zero attached hydrogens (tertiary/aromatic N) is 3. The molecule has 0 aliphatic carbocycles. The number of aliphatic hydroxyl groups excluding tert-OH is 4. The number of thioether (sulfide) groups is 1. The maximum Gasteiger partial charge on any atom is 0.306 e. The number of nitrogens with one attached hydrogen (secondary N) is 2. The van der Waals surface area contributed by atoms with Gasteiger partial charge < -0.3 is 45.3 Å². The molecule has 17 heteroatoms. The number of hydrogen-bond donors (Lipinski definition) is 6. The number of anilines is 1. The number of carbonyl (C=O) groups is 4. The van der Waals surface area contributed by atoms with Crippen LogP contribution in [0.5, 0.6) is 0 Å². The first-order valence-corrected chi connectivity index (χ1v) is 21.4. The molecule has 0 saturated carbocycles. The van der Waals surface area contributed by atoms with Crippen LogP contribution < -0.4 is 10.6 Å². The summed E-state index contributed by atoms with van der Waals surface area (Å²) in [5, 5.41) is 53.2. The molecule has 1 aliphatic rings. The second-order valence-electron chi connectivity index (χ2n) is 14.3. The maximum absolute atomic E-state index is 13.5. The highest BCUT2D eigenvalue weighted by atomic mass is 32.2. The molecule has 0 aromatic carbocycles. The fraction of sp³-hybridized carbons (Fsp3) is 0.842. The van der Waals surface area contributed by atoms with Crippen LogP contribution in [-0.4, -0.2) is 120 Å². The van der Waals surface area contributed by atoms with Crippen molar-refractivity contribution in [3.05, 3.63) is 6.20 Å². The van der Waals surface area contributed by atoms with Gasteiger partial charge in [-0.15, -0.1) is 5.10 Å². The van der Waals surface area contributed by atoms with Gasteiger partial charge in [0.15, 0.2) is 12.1 Å². The van der Waals surface area contributed by atoms with Crippen molar-refractivity contribution >= 4 is 41.3 Å². The molecular formula is C38H67N5O11S. The summed E-state index contributed by atoms with van der Waals surface area (Å²) in [5.74, 6) is -1.24. The lowest BCUT2D eigenvalue weighted by molar-refractivity contribution is -0.157. The van der Waals surface area contributed by atoms with E-state index >= 15 is 0 Å².